The monoisotopic (exact) mass is 249 g/mol. The zero-order valence-corrected chi connectivity index (χ0v) is 11.5. The van der Waals surface area contributed by atoms with Crippen LogP contribution in [-0.2, 0) is 4.74 Å². The number of β-amino-alcohol motifs (C(OH)–C–C–N with tert-alkyl or cyclic N) is 1. The first-order valence-electron chi connectivity index (χ1n) is 6.71. The molecule has 0 aromatic heterocycles. The highest BCUT2D eigenvalue weighted by atomic mass is 16.5. The second-order valence-electron chi connectivity index (χ2n) is 5.40. The van der Waals surface area contributed by atoms with E-state index in [1.165, 1.54) is 11.3 Å². The molecule has 100 valence electrons. The van der Waals surface area contributed by atoms with Crippen LogP contribution in [-0.4, -0.2) is 37.0 Å². The Balaban J connectivity index is 1.95. The highest BCUT2D eigenvalue weighted by Gasteiger charge is 2.26. The molecule has 1 N–H and O–H groups in total. The van der Waals surface area contributed by atoms with E-state index in [2.05, 4.69) is 36.1 Å². The van der Waals surface area contributed by atoms with Crippen molar-refractivity contribution in [3.8, 4) is 0 Å². The average Bonchev–Trinajstić information content (AvgIpc) is 2.65. The fourth-order valence-corrected chi connectivity index (χ4v) is 2.50. The number of anilines is 1. The maximum absolute atomic E-state index is 10.0. The van der Waals surface area contributed by atoms with Crippen molar-refractivity contribution in [1.82, 2.24) is 0 Å². The zero-order valence-electron chi connectivity index (χ0n) is 11.5. The lowest BCUT2D eigenvalue weighted by Gasteiger charge is -2.23. The van der Waals surface area contributed by atoms with Crippen LogP contribution in [0.4, 0.5) is 5.69 Å². The summed E-state index contributed by atoms with van der Waals surface area (Å²) in [5.41, 5.74) is 2.64. The molecule has 2 unspecified atom stereocenters. The third-order valence-electron chi connectivity index (χ3n) is 3.36. The molecule has 1 aliphatic rings. The molecule has 0 amide bonds. The number of rotatable bonds is 5. The van der Waals surface area contributed by atoms with Crippen molar-refractivity contribution in [3.63, 3.8) is 0 Å². The number of ether oxygens (including phenoxy) is 1. The zero-order chi connectivity index (χ0) is 13.1. The summed E-state index contributed by atoms with van der Waals surface area (Å²) in [5, 5.41) is 10.0. The van der Waals surface area contributed by atoms with E-state index in [1.807, 2.05) is 13.8 Å². The smallest absolute Gasteiger partial charge is 0.0948 e. The lowest BCUT2D eigenvalue weighted by atomic mass is 10.0. The number of benzene rings is 1. The van der Waals surface area contributed by atoms with Crippen LogP contribution < -0.4 is 4.90 Å². The van der Waals surface area contributed by atoms with Gasteiger partial charge in [-0.1, -0.05) is 25.1 Å². The Kier molecular flexibility index (Phi) is 4.25. The number of nitrogens with zero attached hydrogens (tertiary/aromatic N) is 1. The summed E-state index contributed by atoms with van der Waals surface area (Å²) in [6, 6.07) is 8.45. The van der Waals surface area contributed by atoms with Gasteiger partial charge in [-0.15, -0.1) is 0 Å². The molecule has 2 atom stereocenters. The third-order valence-corrected chi connectivity index (χ3v) is 3.36. The van der Waals surface area contributed by atoms with E-state index in [-0.39, 0.29) is 6.10 Å². The SMILES string of the molecule is CC(C)OCC(O)CN1CC(C)c2ccccc21. The Morgan fingerprint density at radius 1 is 1.39 bits per heavy atom. The molecule has 0 bridgehead atoms. The minimum atomic E-state index is -0.425. The van der Waals surface area contributed by atoms with Crippen molar-refractivity contribution < 1.29 is 9.84 Å². The van der Waals surface area contributed by atoms with E-state index in [0.717, 1.165) is 6.54 Å². The molecule has 0 radical (unpaired) electrons. The topological polar surface area (TPSA) is 32.7 Å². The van der Waals surface area contributed by atoms with Gasteiger partial charge in [0.05, 0.1) is 18.8 Å². The Bertz CT molecular complexity index is 392. The molecule has 0 spiro atoms. The molecule has 1 aliphatic heterocycles. The van der Waals surface area contributed by atoms with Gasteiger partial charge in [-0.2, -0.15) is 0 Å². The van der Waals surface area contributed by atoms with Crippen molar-refractivity contribution in [2.45, 2.75) is 38.9 Å². The minimum Gasteiger partial charge on any atom is -0.389 e. The summed E-state index contributed by atoms with van der Waals surface area (Å²) in [4.78, 5) is 2.26. The molecule has 1 aromatic rings. The normalized spacial score (nSPS) is 20.3. The lowest BCUT2D eigenvalue weighted by Crippen LogP contribution is -2.34. The number of aliphatic hydroxyl groups excluding tert-OH is 1. The number of hydrogen-bond donors (Lipinski definition) is 1. The van der Waals surface area contributed by atoms with Crippen molar-refractivity contribution in [2.24, 2.45) is 0 Å². The van der Waals surface area contributed by atoms with Crippen molar-refractivity contribution >= 4 is 5.69 Å². The summed E-state index contributed by atoms with van der Waals surface area (Å²) in [6.45, 7) is 8.24. The first kappa shape index (κ1) is 13.4. The van der Waals surface area contributed by atoms with Gasteiger partial charge in [0.25, 0.3) is 0 Å². The van der Waals surface area contributed by atoms with Crippen LogP contribution in [0.15, 0.2) is 24.3 Å². The number of para-hydroxylation sites is 1. The van der Waals surface area contributed by atoms with Gasteiger partial charge in [0.2, 0.25) is 0 Å². The maximum atomic E-state index is 10.0. The molecule has 3 heteroatoms. The largest absolute Gasteiger partial charge is 0.389 e. The second kappa shape index (κ2) is 5.72. The Hall–Kier alpha value is -1.06. The summed E-state index contributed by atoms with van der Waals surface area (Å²) in [7, 11) is 0. The molecule has 0 saturated carbocycles. The summed E-state index contributed by atoms with van der Waals surface area (Å²) in [5.74, 6) is 0.541. The molecular formula is C15H23NO2. The average molecular weight is 249 g/mol. The van der Waals surface area contributed by atoms with Gasteiger partial charge >= 0.3 is 0 Å². The summed E-state index contributed by atoms with van der Waals surface area (Å²) >= 11 is 0. The first-order chi connectivity index (χ1) is 8.58. The van der Waals surface area contributed by atoms with Crippen LogP contribution in [0.25, 0.3) is 0 Å². The molecule has 0 aliphatic carbocycles. The minimum absolute atomic E-state index is 0.171. The van der Waals surface area contributed by atoms with Gasteiger partial charge in [0, 0.05) is 24.7 Å². The quantitative estimate of drug-likeness (QED) is 0.869. The molecule has 0 fully saturated rings. The van der Waals surface area contributed by atoms with Gasteiger partial charge < -0.3 is 14.7 Å². The first-order valence-corrected chi connectivity index (χ1v) is 6.71. The van der Waals surface area contributed by atoms with Crippen molar-refractivity contribution in [2.75, 3.05) is 24.6 Å². The molecule has 2 rings (SSSR count). The predicted molar refractivity (Wildman–Crippen MR) is 74.2 cm³/mol. The summed E-state index contributed by atoms with van der Waals surface area (Å²) < 4.78 is 5.45. The maximum Gasteiger partial charge on any atom is 0.0948 e. The van der Waals surface area contributed by atoms with Gasteiger partial charge in [-0.3, -0.25) is 0 Å². The van der Waals surface area contributed by atoms with Gasteiger partial charge in [0.1, 0.15) is 0 Å². The standard InChI is InChI=1S/C15H23NO2/c1-11(2)18-10-13(17)9-16-8-12(3)14-6-4-5-7-15(14)16/h4-7,11-13,17H,8-10H2,1-3H3. The Morgan fingerprint density at radius 2 is 2.11 bits per heavy atom. The van der Waals surface area contributed by atoms with Crippen molar-refractivity contribution in [3.05, 3.63) is 29.8 Å². The molecule has 18 heavy (non-hydrogen) atoms. The molecule has 1 heterocycles. The van der Waals surface area contributed by atoms with Crippen LogP contribution in [0.1, 0.15) is 32.3 Å². The van der Waals surface area contributed by atoms with E-state index < -0.39 is 6.10 Å². The summed E-state index contributed by atoms with van der Waals surface area (Å²) in [6.07, 6.45) is -0.254. The lowest BCUT2D eigenvalue weighted by molar-refractivity contribution is 0.00899. The molecule has 1 aromatic carbocycles. The third kappa shape index (κ3) is 3.03. The van der Waals surface area contributed by atoms with Gasteiger partial charge in [0.15, 0.2) is 0 Å². The van der Waals surface area contributed by atoms with E-state index in [1.54, 1.807) is 0 Å². The molecular weight excluding hydrogens is 226 g/mol. The van der Waals surface area contributed by atoms with Crippen LogP contribution in [0.3, 0.4) is 0 Å². The fraction of sp³-hybridized carbons (Fsp3) is 0.600. The number of fused-ring (bicyclic) bond motifs is 1. The van der Waals surface area contributed by atoms with Crippen LogP contribution >= 0.6 is 0 Å². The Labute approximate surface area is 109 Å². The predicted octanol–water partition coefficient (Wildman–Crippen LogP) is 2.40. The van der Waals surface area contributed by atoms with Crippen LogP contribution in [0.2, 0.25) is 0 Å². The second-order valence-corrected chi connectivity index (χ2v) is 5.40. The van der Waals surface area contributed by atoms with E-state index in [9.17, 15) is 5.11 Å². The van der Waals surface area contributed by atoms with Crippen LogP contribution in [0.5, 0.6) is 0 Å². The van der Waals surface area contributed by atoms with Crippen molar-refractivity contribution in [1.29, 1.82) is 0 Å². The Morgan fingerprint density at radius 3 is 2.83 bits per heavy atom. The highest BCUT2D eigenvalue weighted by Crippen LogP contribution is 2.35. The van der Waals surface area contributed by atoms with E-state index in [4.69, 9.17) is 4.74 Å². The van der Waals surface area contributed by atoms with E-state index in [0.29, 0.717) is 19.1 Å². The fourth-order valence-electron chi connectivity index (χ4n) is 2.50. The molecule has 3 nitrogen and oxygen atoms in total. The molecule has 0 saturated heterocycles. The van der Waals surface area contributed by atoms with Gasteiger partial charge in [-0.25, -0.2) is 0 Å². The van der Waals surface area contributed by atoms with E-state index >= 15 is 0 Å². The highest BCUT2D eigenvalue weighted by molar-refractivity contribution is 5.59. The number of hydrogen-bond acceptors (Lipinski definition) is 3. The van der Waals surface area contributed by atoms with Crippen LogP contribution in [0, 0.1) is 0 Å². The number of aliphatic hydroxyl groups is 1. The van der Waals surface area contributed by atoms with Gasteiger partial charge in [-0.05, 0) is 25.5 Å².